The summed E-state index contributed by atoms with van der Waals surface area (Å²) in [6.07, 6.45) is 0. The SMILES string of the molecule is COc1ccc(-c2nc3ccccc3c(=O)n2CCOc2cccc(OC)c2)cc1. The van der Waals surface area contributed by atoms with Crippen LogP contribution in [0.25, 0.3) is 22.3 Å². The van der Waals surface area contributed by atoms with Gasteiger partial charge in [0.25, 0.3) is 5.56 Å². The third-order valence-corrected chi connectivity index (χ3v) is 4.83. The van der Waals surface area contributed by atoms with Crippen molar-refractivity contribution in [1.82, 2.24) is 9.55 Å². The average molecular weight is 402 g/mol. The Hall–Kier alpha value is -3.80. The lowest BCUT2D eigenvalue weighted by Crippen LogP contribution is -2.26. The van der Waals surface area contributed by atoms with Crippen LogP contribution in [-0.4, -0.2) is 30.4 Å². The van der Waals surface area contributed by atoms with E-state index in [4.69, 9.17) is 19.2 Å². The number of benzene rings is 3. The summed E-state index contributed by atoms with van der Waals surface area (Å²) in [7, 11) is 3.23. The lowest BCUT2D eigenvalue weighted by Gasteiger charge is -2.15. The van der Waals surface area contributed by atoms with Gasteiger partial charge in [-0.05, 0) is 48.5 Å². The molecule has 1 aromatic heterocycles. The first kappa shape index (κ1) is 19.5. The van der Waals surface area contributed by atoms with E-state index in [0.717, 1.165) is 17.1 Å². The Bertz CT molecular complexity index is 1220. The third-order valence-electron chi connectivity index (χ3n) is 4.83. The number of ether oxygens (including phenoxy) is 3. The molecule has 3 aromatic carbocycles. The van der Waals surface area contributed by atoms with Gasteiger partial charge in [0.1, 0.15) is 29.7 Å². The van der Waals surface area contributed by atoms with E-state index in [2.05, 4.69) is 0 Å². The van der Waals surface area contributed by atoms with Crippen molar-refractivity contribution in [3.05, 3.63) is 83.2 Å². The third kappa shape index (κ3) is 3.98. The van der Waals surface area contributed by atoms with Crippen LogP contribution in [0.3, 0.4) is 0 Å². The van der Waals surface area contributed by atoms with Gasteiger partial charge >= 0.3 is 0 Å². The lowest BCUT2D eigenvalue weighted by atomic mass is 10.1. The molecule has 6 heteroatoms. The van der Waals surface area contributed by atoms with Gasteiger partial charge < -0.3 is 14.2 Å². The number of fused-ring (bicyclic) bond motifs is 1. The Morgan fingerprint density at radius 2 is 1.57 bits per heavy atom. The van der Waals surface area contributed by atoms with E-state index in [1.807, 2.05) is 66.7 Å². The molecule has 0 fully saturated rings. The van der Waals surface area contributed by atoms with Crippen LogP contribution in [0.2, 0.25) is 0 Å². The highest BCUT2D eigenvalue weighted by Crippen LogP contribution is 2.23. The summed E-state index contributed by atoms with van der Waals surface area (Å²) in [4.78, 5) is 18.0. The quantitative estimate of drug-likeness (QED) is 0.465. The monoisotopic (exact) mass is 402 g/mol. The molecule has 6 nitrogen and oxygen atoms in total. The first-order valence-corrected chi connectivity index (χ1v) is 9.60. The van der Waals surface area contributed by atoms with Gasteiger partial charge in [0.2, 0.25) is 0 Å². The molecule has 0 unspecified atom stereocenters. The van der Waals surface area contributed by atoms with Crippen LogP contribution in [-0.2, 0) is 6.54 Å². The average Bonchev–Trinajstić information content (AvgIpc) is 2.80. The highest BCUT2D eigenvalue weighted by Gasteiger charge is 2.13. The van der Waals surface area contributed by atoms with Crippen molar-refractivity contribution in [2.45, 2.75) is 6.54 Å². The Morgan fingerprint density at radius 1 is 0.833 bits per heavy atom. The number of aromatic nitrogens is 2. The summed E-state index contributed by atoms with van der Waals surface area (Å²) in [5, 5.41) is 0.580. The van der Waals surface area contributed by atoms with Gasteiger partial charge in [0.15, 0.2) is 0 Å². The van der Waals surface area contributed by atoms with Crippen LogP contribution in [0.1, 0.15) is 0 Å². The maximum Gasteiger partial charge on any atom is 0.261 e. The highest BCUT2D eigenvalue weighted by molar-refractivity contribution is 5.79. The molecule has 0 amide bonds. The zero-order valence-corrected chi connectivity index (χ0v) is 16.9. The summed E-state index contributed by atoms with van der Waals surface area (Å²) in [6.45, 7) is 0.672. The van der Waals surface area contributed by atoms with Gasteiger partial charge in [-0.15, -0.1) is 0 Å². The number of para-hydroxylation sites is 1. The smallest absolute Gasteiger partial charge is 0.261 e. The summed E-state index contributed by atoms with van der Waals surface area (Å²) >= 11 is 0. The second-order valence-electron chi connectivity index (χ2n) is 6.67. The molecular weight excluding hydrogens is 380 g/mol. The van der Waals surface area contributed by atoms with E-state index in [1.165, 1.54) is 0 Å². The van der Waals surface area contributed by atoms with E-state index >= 15 is 0 Å². The number of nitrogens with zero attached hydrogens (tertiary/aromatic N) is 2. The van der Waals surface area contributed by atoms with Crippen molar-refractivity contribution >= 4 is 10.9 Å². The number of hydrogen-bond acceptors (Lipinski definition) is 5. The number of rotatable bonds is 7. The van der Waals surface area contributed by atoms with Gasteiger partial charge in [-0.1, -0.05) is 18.2 Å². The van der Waals surface area contributed by atoms with Crippen LogP contribution < -0.4 is 19.8 Å². The van der Waals surface area contributed by atoms with Gasteiger partial charge in [-0.25, -0.2) is 4.98 Å². The molecule has 0 aliphatic rings. The zero-order chi connectivity index (χ0) is 20.9. The molecule has 0 saturated heterocycles. The molecule has 0 aliphatic heterocycles. The van der Waals surface area contributed by atoms with E-state index in [1.54, 1.807) is 24.9 Å². The molecule has 0 saturated carbocycles. The molecule has 152 valence electrons. The molecule has 0 radical (unpaired) electrons. The van der Waals surface area contributed by atoms with E-state index in [9.17, 15) is 4.79 Å². The van der Waals surface area contributed by atoms with Gasteiger partial charge in [-0.3, -0.25) is 9.36 Å². The van der Waals surface area contributed by atoms with Crippen molar-refractivity contribution in [3.8, 4) is 28.6 Å². The number of hydrogen-bond donors (Lipinski definition) is 0. The predicted molar refractivity (Wildman–Crippen MR) is 116 cm³/mol. The minimum absolute atomic E-state index is 0.0966. The van der Waals surface area contributed by atoms with E-state index in [-0.39, 0.29) is 5.56 Å². The maximum atomic E-state index is 13.2. The maximum absolute atomic E-state index is 13.2. The molecule has 0 spiro atoms. The topological polar surface area (TPSA) is 62.6 Å². The van der Waals surface area contributed by atoms with Crippen molar-refractivity contribution in [2.75, 3.05) is 20.8 Å². The van der Waals surface area contributed by atoms with E-state index < -0.39 is 0 Å². The van der Waals surface area contributed by atoms with Crippen LogP contribution in [0, 0.1) is 0 Å². The zero-order valence-electron chi connectivity index (χ0n) is 16.9. The van der Waals surface area contributed by atoms with Gasteiger partial charge in [0.05, 0.1) is 31.7 Å². The Morgan fingerprint density at radius 3 is 2.33 bits per heavy atom. The van der Waals surface area contributed by atoms with Crippen LogP contribution in [0.4, 0.5) is 0 Å². The van der Waals surface area contributed by atoms with Crippen molar-refractivity contribution in [1.29, 1.82) is 0 Å². The molecule has 0 atom stereocenters. The minimum atomic E-state index is -0.0966. The Balaban J connectivity index is 1.69. The molecule has 4 aromatic rings. The fourth-order valence-electron chi connectivity index (χ4n) is 3.28. The fourth-order valence-corrected chi connectivity index (χ4v) is 3.28. The lowest BCUT2D eigenvalue weighted by molar-refractivity contribution is 0.295. The highest BCUT2D eigenvalue weighted by atomic mass is 16.5. The summed E-state index contributed by atoms with van der Waals surface area (Å²) in [6, 6.07) is 22.2. The number of methoxy groups -OCH3 is 2. The van der Waals surface area contributed by atoms with Gasteiger partial charge in [0, 0.05) is 11.6 Å². The van der Waals surface area contributed by atoms with Crippen LogP contribution in [0.15, 0.2) is 77.6 Å². The van der Waals surface area contributed by atoms with Crippen LogP contribution in [0.5, 0.6) is 17.2 Å². The van der Waals surface area contributed by atoms with Gasteiger partial charge in [-0.2, -0.15) is 0 Å². The summed E-state index contributed by atoms with van der Waals surface area (Å²) in [5.74, 6) is 2.74. The predicted octanol–water partition coefficient (Wildman–Crippen LogP) is 4.16. The molecule has 4 rings (SSSR count). The van der Waals surface area contributed by atoms with Crippen LogP contribution >= 0.6 is 0 Å². The molecule has 0 N–H and O–H groups in total. The molecule has 0 bridgehead atoms. The molecule has 0 aliphatic carbocycles. The Kier molecular flexibility index (Phi) is 5.66. The fraction of sp³-hybridized carbons (Fsp3) is 0.167. The second kappa shape index (κ2) is 8.69. The van der Waals surface area contributed by atoms with Crippen molar-refractivity contribution in [3.63, 3.8) is 0 Å². The normalized spacial score (nSPS) is 10.7. The molecule has 30 heavy (non-hydrogen) atoms. The van der Waals surface area contributed by atoms with Crippen molar-refractivity contribution in [2.24, 2.45) is 0 Å². The Labute approximate surface area is 174 Å². The first-order chi connectivity index (χ1) is 14.7. The largest absolute Gasteiger partial charge is 0.497 e. The van der Waals surface area contributed by atoms with E-state index in [0.29, 0.717) is 35.6 Å². The first-order valence-electron chi connectivity index (χ1n) is 9.60. The minimum Gasteiger partial charge on any atom is -0.497 e. The van der Waals surface area contributed by atoms with Crippen molar-refractivity contribution < 1.29 is 14.2 Å². The standard InChI is InChI=1S/C24H22N2O4/c1-28-18-12-10-17(11-13-18)23-25-22-9-4-3-8-21(22)24(27)26(23)14-15-30-20-7-5-6-19(16-20)29-2/h3-13,16H,14-15H2,1-2H3. The summed E-state index contributed by atoms with van der Waals surface area (Å²) < 4.78 is 18.0. The summed E-state index contributed by atoms with van der Waals surface area (Å²) in [5.41, 5.74) is 1.40. The second-order valence-corrected chi connectivity index (χ2v) is 6.67. The molecule has 1 heterocycles. The molecular formula is C24H22N2O4.